The Labute approximate surface area is 143 Å². The number of halogens is 2. The second-order valence-corrected chi connectivity index (χ2v) is 6.85. The molecule has 1 unspecified atom stereocenters. The Kier molecular flexibility index (Phi) is 5.85. The van der Waals surface area contributed by atoms with Gasteiger partial charge < -0.3 is 10.1 Å². The second kappa shape index (κ2) is 7.43. The summed E-state index contributed by atoms with van der Waals surface area (Å²) >= 11 is 7.12. The van der Waals surface area contributed by atoms with Crippen molar-refractivity contribution in [2.45, 2.75) is 19.4 Å². The molecule has 1 atom stereocenters. The summed E-state index contributed by atoms with van der Waals surface area (Å²) in [5.41, 5.74) is 3.81. The Morgan fingerprint density at radius 2 is 1.90 bits per heavy atom. The lowest BCUT2D eigenvalue weighted by atomic mass is 9.97. The van der Waals surface area contributed by atoms with E-state index in [4.69, 9.17) is 4.74 Å². The molecule has 21 heavy (non-hydrogen) atoms. The molecule has 4 heteroatoms. The van der Waals surface area contributed by atoms with Gasteiger partial charge in [-0.3, -0.25) is 0 Å². The Bertz CT molecular complexity index is 608. The zero-order chi connectivity index (χ0) is 15.4. The number of aryl methyl sites for hydroxylation is 1. The monoisotopic (exact) mass is 411 g/mol. The highest BCUT2D eigenvalue weighted by Gasteiger charge is 2.12. The highest BCUT2D eigenvalue weighted by molar-refractivity contribution is 9.10. The molecule has 0 saturated carbocycles. The molecule has 2 aromatic rings. The van der Waals surface area contributed by atoms with Crippen molar-refractivity contribution in [3.05, 3.63) is 62.0 Å². The normalized spacial score (nSPS) is 12.2. The summed E-state index contributed by atoms with van der Waals surface area (Å²) in [4.78, 5) is 0. The summed E-state index contributed by atoms with van der Waals surface area (Å²) in [5.74, 6) is 0.859. The van der Waals surface area contributed by atoms with Gasteiger partial charge in [-0.15, -0.1) is 0 Å². The van der Waals surface area contributed by atoms with E-state index in [0.717, 1.165) is 21.1 Å². The number of methoxy groups -OCH3 is 1. The fourth-order valence-electron chi connectivity index (χ4n) is 2.42. The van der Waals surface area contributed by atoms with Crippen LogP contribution in [0.3, 0.4) is 0 Å². The molecule has 0 spiro atoms. The quantitative estimate of drug-likeness (QED) is 0.743. The van der Waals surface area contributed by atoms with Crippen LogP contribution in [0.25, 0.3) is 0 Å². The van der Waals surface area contributed by atoms with E-state index in [0.29, 0.717) is 0 Å². The molecule has 2 aromatic carbocycles. The zero-order valence-corrected chi connectivity index (χ0v) is 15.6. The maximum absolute atomic E-state index is 5.28. The summed E-state index contributed by atoms with van der Waals surface area (Å²) in [7, 11) is 3.68. The van der Waals surface area contributed by atoms with Gasteiger partial charge in [0, 0.05) is 10.5 Å². The topological polar surface area (TPSA) is 21.3 Å². The van der Waals surface area contributed by atoms with Gasteiger partial charge >= 0.3 is 0 Å². The van der Waals surface area contributed by atoms with Gasteiger partial charge in [0.2, 0.25) is 0 Å². The fraction of sp³-hybridized carbons (Fsp3) is 0.294. The molecule has 0 heterocycles. The lowest BCUT2D eigenvalue weighted by molar-refractivity contribution is 0.412. The van der Waals surface area contributed by atoms with Crippen LogP contribution in [0, 0.1) is 6.92 Å². The van der Waals surface area contributed by atoms with Gasteiger partial charge in [-0.05, 0) is 77.3 Å². The van der Waals surface area contributed by atoms with Crippen molar-refractivity contribution in [3.8, 4) is 5.75 Å². The SMILES string of the molecule is CNC(Cc1ccc(OC)c(Br)c1)c1cc(C)cc(Br)c1. The van der Waals surface area contributed by atoms with E-state index < -0.39 is 0 Å². The molecule has 0 aromatic heterocycles. The first kappa shape index (κ1) is 16.5. The number of likely N-dealkylation sites (N-methyl/N-ethyl adjacent to an activating group) is 1. The Morgan fingerprint density at radius 3 is 2.48 bits per heavy atom. The van der Waals surface area contributed by atoms with Crippen LogP contribution in [0.1, 0.15) is 22.7 Å². The predicted molar refractivity (Wildman–Crippen MR) is 95.1 cm³/mol. The van der Waals surface area contributed by atoms with Gasteiger partial charge in [0.05, 0.1) is 11.6 Å². The number of ether oxygens (including phenoxy) is 1. The minimum Gasteiger partial charge on any atom is -0.496 e. The number of hydrogen-bond acceptors (Lipinski definition) is 2. The molecule has 0 aliphatic carbocycles. The lowest BCUT2D eigenvalue weighted by Gasteiger charge is -2.18. The first-order chi connectivity index (χ1) is 10.0. The minimum absolute atomic E-state index is 0.279. The Hall–Kier alpha value is -0.840. The van der Waals surface area contributed by atoms with E-state index in [1.807, 2.05) is 13.1 Å². The van der Waals surface area contributed by atoms with Crippen molar-refractivity contribution in [1.82, 2.24) is 5.32 Å². The summed E-state index contributed by atoms with van der Waals surface area (Å²) in [6.07, 6.45) is 0.926. The Balaban J connectivity index is 2.24. The summed E-state index contributed by atoms with van der Waals surface area (Å²) < 4.78 is 7.39. The maximum atomic E-state index is 5.28. The summed E-state index contributed by atoms with van der Waals surface area (Å²) in [6, 6.07) is 13.0. The van der Waals surface area contributed by atoms with Crippen molar-refractivity contribution >= 4 is 31.9 Å². The molecule has 0 aliphatic heterocycles. The van der Waals surface area contributed by atoms with E-state index in [2.05, 4.69) is 74.4 Å². The average molecular weight is 413 g/mol. The molecule has 2 rings (SSSR count). The van der Waals surface area contributed by atoms with Crippen molar-refractivity contribution in [1.29, 1.82) is 0 Å². The number of benzene rings is 2. The van der Waals surface area contributed by atoms with Crippen molar-refractivity contribution in [2.75, 3.05) is 14.2 Å². The molecule has 0 fully saturated rings. The number of rotatable bonds is 5. The first-order valence-electron chi connectivity index (χ1n) is 6.80. The summed E-state index contributed by atoms with van der Waals surface area (Å²) in [6.45, 7) is 2.12. The number of nitrogens with one attached hydrogen (secondary N) is 1. The predicted octanol–water partition coefficient (Wildman–Crippen LogP) is 5.03. The van der Waals surface area contributed by atoms with Gasteiger partial charge in [-0.2, -0.15) is 0 Å². The van der Waals surface area contributed by atoms with Crippen molar-refractivity contribution in [3.63, 3.8) is 0 Å². The van der Waals surface area contributed by atoms with Crippen molar-refractivity contribution in [2.24, 2.45) is 0 Å². The van der Waals surface area contributed by atoms with Gasteiger partial charge in [0.15, 0.2) is 0 Å². The first-order valence-corrected chi connectivity index (χ1v) is 8.39. The third-order valence-corrected chi connectivity index (χ3v) is 4.55. The third kappa shape index (κ3) is 4.31. The maximum Gasteiger partial charge on any atom is 0.133 e. The third-order valence-electron chi connectivity index (χ3n) is 3.47. The van der Waals surface area contributed by atoms with Crippen molar-refractivity contribution < 1.29 is 4.74 Å². The van der Waals surface area contributed by atoms with E-state index in [9.17, 15) is 0 Å². The fourth-order valence-corrected chi connectivity index (χ4v) is 3.64. The van der Waals surface area contributed by atoms with Crippen LogP contribution < -0.4 is 10.1 Å². The molecule has 2 nitrogen and oxygen atoms in total. The molecule has 0 aliphatic rings. The molecule has 0 bridgehead atoms. The van der Waals surface area contributed by atoms with E-state index in [1.165, 1.54) is 16.7 Å². The van der Waals surface area contributed by atoms with E-state index >= 15 is 0 Å². The van der Waals surface area contributed by atoms with Crippen LogP contribution in [0.15, 0.2) is 45.3 Å². The standard InChI is InChI=1S/C17H19Br2NO/c1-11-6-13(10-14(18)7-11)16(20-2)9-12-4-5-17(21-3)15(19)8-12/h4-8,10,16,20H,9H2,1-3H3. The van der Waals surface area contributed by atoms with Crippen LogP contribution in [0.4, 0.5) is 0 Å². The number of hydrogen-bond donors (Lipinski definition) is 1. The lowest BCUT2D eigenvalue weighted by Crippen LogP contribution is -2.19. The molecule has 0 saturated heterocycles. The minimum atomic E-state index is 0.279. The van der Waals surface area contributed by atoms with Crippen LogP contribution >= 0.6 is 31.9 Å². The zero-order valence-electron chi connectivity index (χ0n) is 12.4. The molecule has 1 N–H and O–H groups in total. The Morgan fingerprint density at radius 1 is 1.14 bits per heavy atom. The summed E-state index contributed by atoms with van der Waals surface area (Å²) in [5, 5.41) is 3.40. The van der Waals surface area contributed by atoms with Crippen LogP contribution in [0.2, 0.25) is 0 Å². The molecular weight excluding hydrogens is 394 g/mol. The molecular formula is C17H19Br2NO. The highest BCUT2D eigenvalue weighted by Crippen LogP contribution is 2.28. The van der Waals surface area contributed by atoms with Crippen LogP contribution in [0.5, 0.6) is 5.75 Å². The van der Waals surface area contributed by atoms with Crippen LogP contribution in [-0.4, -0.2) is 14.2 Å². The molecule has 0 radical (unpaired) electrons. The molecule has 112 valence electrons. The van der Waals surface area contributed by atoms with Gasteiger partial charge in [-0.1, -0.05) is 28.1 Å². The highest BCUT2D eigenvalue weighted by atomic mass is 79.9. The molecule has 0 amide bonds. The largest absolute Gasteiger partial charge is 0.496 e. The smallest absolute Gasteiger partial charge is 0.133 e. The van der Waals surface area contributed by atoms with Gasteiger partial charge in [0.25, 0.3) is 0 Å². The van der Waals surface area contributed by atoms with Gasteiger partial charge in [-0.25, -0.2) is 0 Å². The van der Waals surface area contributed by atoms with Crippen LogP contribution in [-0.2, 0) is 6.42 Å². The van der Waals surface area contributed by atoms with Gasteiger partial charge in [0.1, 0.15) is 5.75 Å². The van der Waals surface area contributed by atoms with E-state index in [1.54, 1.807) is 7.11 Å². The van der Waals surface area contributed by atoms with E-state index in [-0.39, 0.29) is 6.04 Å². The second-order valence-electron chi connectivity index (χ2n) is 5.08. The average Bonchev–Trinajstić information content (AvgIpc) is 2.43.